The van der Waals surface area contributed by atoms with Crippen molar-refractivity contribution in [1.82, 2.24) is 0 Å². The number of aliphatic imine (C=N–C) groups is 1. The molecule has 0 bridgehead atoms. The second kappa shape index (κ2) is 6.65. The Bertz CT molecular complexity index is 765. The minimum atomic E-state index is -0.592. The van der Waals surface area contributed by atoms with Crippen LogP contribution in [0.3, 0.4) is 0 Å². The number of aliphatic hydroxyl groups excluding tert-OH is 1. The lowest BCUT2D eigenvalue weighted by molar-refractivity contribution is -0.112. The molecule has 118 valence electrons. The molecule has 0 saturated carbocycles. The summed E-state index contributed by atoms with van der Waals surface area (Å²) < 4.78 is 0. The maximum absolute atomic E-state index is 11.9. The largest absolute Gasteiger partial charge is 0.388 e. The summed E-state index contributed by atoms with van der Waals surface area (Å²) in [5.41, 5.74) is 4.27. The van der Waals surface area contributed by atoms with Gasteiger partial charge in [-0.2, -0.15) is 0 Å². The normalized spacial score (nSPS) is 15.1. The zero-order valence-electron chi connectivity index (χ0n) is 12.9. The van der Waals surface area contributed by atoms with Crippen molar-refractivity contribution in [2.24, 2.45) is 4.99 Å². The number of Topliss-reactive ketones (excluding diaryl/α,β-unsaturated/α-hetero) is 1. The van der Waals surface area contributed by atoms with Gasteiger partial charge in [0.2, 0.25) is 0 Å². The molecule has 23 heavy (non-hydrogen) atoms. The molecule has 0 fully saturated rings. The molecule has 4 heteroatoms. The van der Waals surface area contributed by atoms with Gasteiger partial charge in [-0.05, 0) is 41.3 Å². The van der Waals surface area contributed by atoms with Gasteiger partial charge in [-0.25, -0.2) is 4.99 Å². The summed E-state index contributed by atoms with van der Waals surface area (Å²) in [5.74, 6) is 0.106. The maximum atomic E-state index is 11.9. The molecule has 0 spiro atoms. The third kappa shape index (κ3) is 3.52. The minimum Gasteiger partial charge on any atom is -0.388 e. The second-order valence-electron chi connectivity index (χ2n) is 5.75. The van der Waals surface area contributed by atoms with Gasteiger partial charge in [0.25, 0.3) is 0 Å². The number of carbonyl (C=O) groups is 1. The van der Waals surface area contributed by atoms with Crippen molar-refractivity contribution < 1.29 is 9.90 Å². The molecule has 0 saturated heterocycles. The summed E-state index contributed by atoms with van der Waals surface area (Å²) in [4.78, 5) is 16.3. The van der Waals surface area contributed by atoms with Crippen molar-refractivity contribution in [3.05, 3.63) is 64.2 Å². The van der Waals surface area contributed by atoms with Gasteiger partial charge in [0.05, 0.1) is 17.5 Å². The van der Waals surface area contributed by atoms with Gasteiger partial charge in [-0.1, -0.05) is 42.8 Å². The number of benzene rings is 2. The number of hydrogen-bond donors (Lipinski definition) is 1. The van der Waals surface area contributed by atoms with Crippen LogP contribution in [0, 0.1) is 0 Å². The molecule has 1 aliphatic rings. The van der Waals surface area contributed by atoms with Gasteiger partial charge in [-0.3, -0.25) is 4.79 Å². The van der Waals surface area contributed by atoms with E-state index in [9.17, 15) is 9.90 Å². The van der Waals surface area contributed by atoms with Crippen LogP contribution in [0.4, 0.5) is 5.69 Å². The number of rotatable bonds is 4. The first-order valence-corrected chi connectivity index (χ1v) is 8.10. The van der Waals surface area contributed by atoms with E-state index in [1.165, 1.54) is 0 Å². The average Bonchev–Trinajstić information content (AvgIpc) is 2.55. The van der Waals surface area contributed by atoms with E-state index in [1.807, 2.05) is 37.3 Å². The summed E-state index contributed by atoms with van der Waals surface area (Å²) in [6.45, 7) is 1.94. The van der Waals surface area contributed by atoms with E-state index < -0.39 is 6.10 Å². The zero-order valence-corrected chi connectivity index (χ0v) is 13.7. The van der Waals surface area contributed by atoms with Crippen LogP contribution in [0.5, 0.6) is 0 Å². The highest BCUT2D eigenvalue weighted by molar-refractivity contribution is 6.41. The lowest BCUT2D eigenvalue weighted by atomic mass is 9.95. The molecule has 2 aromatic rings. The van der Waals surface area contributed by atoms with Crippen LogP contribution >= 0.6 is 11.6 Å². The Hall–Kier alpha value is -1.97. The van der Waals surface area contributed by atoms with Crippen molar-refractivity contribution in [1.29, 1.82) is 0 Å². The minimum absolute atomic E-state index is 0.106. The van der Waals surface area contributed by atoms with Crippen molar-refractivity contribution >= 4 is 28.8 Å². The number of fused-ring (bicyclic) bond motifs is 1. The third-order valence-corrected chi connectivity index (χ3v) is 4.35. The van der Waals surface area contributed by atoms with Gasteiger partial charge in [0.1, 0.15) is 0 Å². The Labute approximate surface area is 140 Å². The zero-order chi connectivity index (χ0) is 16.4. The standard InChI is InChI=1S/C19H18ClNO2/c1-2-16-19(23)11-14-4-3-12(9-17(14)21-16)10-18(22)13-5-7-15(20)8-6-13/h3-9,18,22H,2,10-11H2,1H3. The van der Waals surface area contributed by atoms with E-state index in [4.69, 9.17) is 11.6 Å². The Morgan fingerprint density at radius 3 is 2.65 bits per heavy atom. The Kier molecular flexibility index (Phi) is 4.60. The molecular weight excluding hydrogens is 310 g/mol. The summed E-state index contributed by atoms with van der Waals surface area (Å²) in [5, 5.41) is 11.0. The molecule has 0 aromatic heterocycles. The second-order valence-corrected chi connectivity index (χ2v) is 6.18. The molecule has 2 aromatic carbocycles. The van der Waals surface area contributed by atoms with Crippen molar-refractivity contribution in [2.75, 3.05) is 0 Å². The summed E-state index contributed by atoms with van der Waals surface area (Å²) >= 11 is 5.87. The van der Waals surface area contributed by atoms with Gasteiger partial charge in [0, 0.05) is 17.9 Å². The number of hydrogen-bond acceptors (Lipinski definition) is 3. The molecule has 3 rings (SSSR count). The van der Waals surface area contributed by atoms with E-state index >= 15 is 0 Å². The Morgan fingerprint density at radius 2 is 1.96 bits per heavy atom. The molecule has 1 atom stereocenters. The Morgan fingerprint density at radius 1 is 1.22 bits per heavy atom. The van der Waals surface area contributed by atoms with Gasteiger partial charge >= 0.3 is 0 Å². The molecular formula is C19H18ClNO2. The number of ketones is 1. The van der Waals surface area contributed by atoms with E-state index in [0.29, 0.717) is 30.0 Å². The molecule has 1 N–H and O–H groups in total. The van der Waals surface area contributed by atoms with Crippen LogP contribution in [0.2, 0.25) is 5.02 Å². The molecule has 1 unspecified atom stereocenters. The fourth-order valence-corrected chi connectivity index (χ4v) is 2.90. The predicted octanol–water partition coefficient (Wildman–Crippen LogP) is 4.22. The lowest BCUT2D eigenvalue weighted by Crippen LogP contribution is -2.19. The molecule has 1 aliphatic heterocycles. The summed E-state index contributed by atoms with van der Waals surface area (Å²) in [7, 11) is 0. The highest BCUT2D eigenvalue weighted by Crippen LogP contribution is 2.29. The van der Waals surface area contributed by atoms with Crippen molar-refractivity contribution in [2.45, 2.75) is 32.3 Å². The molecule has 1 heterocycles. The molecule has 0 aliphatic carbocycles. The molecule has 0 radical (unpaired) electrons. The van der Waals surface area contributed by atoms with E-state index in [-0.39, 0.29) is 5.78 Å². The lowest BCUT2D eigenvalue weighted by Gasteiger charge is -2.16. The van der Waals surface area contributed by atoms with E-state index in [0.717, 1.165) is 22.4 Å². The topological polar surface area (TPSA) is 49.7 Å². The number of aliphatic hydroxyl groups is 1. The van der Waals surface area contributed by atoms with Crippen LogP contribution in [-0.4, -0.2) is 16.6 Å². The van der Waals surface area contributed by atoms with Crippen LogP contribution in [0.1, 0.15) is 36.1 Å². The Balaban J connectivity index is 1.82. The fourth-order valence-electron chi connectivity index (χ4n) is 2.77. The van der Waals surface area contributed by atoms with Gasteiger partial charge in [0.15, 0.2) is 5.78 Å². The smallest absolute Gasteiger partial charge is 0.181 e. The summed E-state index contributed by atoms with van der Waals surface area (Å²) in [6.07, 6.45) is 0.975. The molecule has 0 amide bonds. The van der Waals surface area contributed by atoms with E-state index in [1.54, 1.807) is 12.1 Å². The first-order chi connectivity index (χ1) is 11.1. The monoisotopic (exact) mass is 327 g/mol. The maximum Gasteiger partial charge on any atom is 0.181 e. The van der Waals surface area contributed by atoms with Crippen LogP contribution < -0.4 is 0 Å². The highest BCUT2D eigenvalue weighted by Gasteiger charge is 2.19. The molecule has 3 nitrogen and oxygen atoms in total. The summed E-state index contributed by atoms with van der Waals surface area (Å²) in [6, 6.07) is 13.1. The number of carbonyl (C=O) groups excluding carboxylic acids is 1. The van der Waals surface area contributed by atoms with E-state index in [2.05, 4.69) is 4.99 Å². The number of nitrogens with zero attached hydrogens (tertiary/aromatic N) is 1. The van der Waals surface area contributed by atoms with Gasteiger partial charge < -0.3 is 5.11 Å². The predicted molar refractivity (Wildman–Crippen MR) is 92.7 cm³/mol. The first kappa shape index (κ1) is 15.9. The van der Waals surface area contributed by atoms with Crippen LogP contribution in [0.25, 0.3) is 0 Å². The average molecular weight is 328 g/mol. The SMILES string of the molecule is CCC1=Nc2cc(CC(O)c3ccc(Cl)cc3)ccc2CC1=O. The highest BCUT2D eigenvalue weighted by atomic mass is 35.5. The van der Waals surface area contributed by atoms with Crippen LogP contribution in [-0.2, 0) is 17.6 Å². The van der Waals surface area contributed by atoms with Crippen LogP contribution in [0.15, 0.2) is 47.5 Å². The fraction of sp³-hybridized carbons (Fsp3) is 0.263. The number of halogens is 1. The van der Waals surface area contributed by atoms with Crippen molar-refractivity contribution in [3.8, 4) is 0 Å². The quantitative estimate of drug-likeness (QED) is 0.913. The third-order valence-electron chi connectivity index (χ3n) is 4.10. The first-order valence-electron chi connectivity index (χ1n) is 7.73. The van der Waals surface area contributed by atoms with Crippen molar-refractivity contribution in [3.63, 3.8) is 0 Å². The van der Waals surface area contributed by atoms with Gasteiger partial charge in [-0.15, -0.1) is 0 Å².